The van der Waals surface area contributed by atoms with Crippen LogP contribution in [0.4, 0.5) is 5.69 Å². The fourth-order valence-electron chi connectivity index (χ4n) is 3.58. The van der Waals surface area contributed by atoms with Crippen LogP contribution in [0.5, 0.6) is 28.7 Å². The first-order chi connectivity index (χ1) is 16.9. The molecular formula is C27H27NO7. The molecule has 35 heavy (non-hydrogen) atoms. The van der Waals surface area contributed by atoms with Gasteiger partial charge >= 0.3 is 0 Å². The molecule has 0 aliphatic rings. The number of benzene rings is 3. The summed E-state index contributed by atoms with van der Waals surface area (Å²) in [6.07, 6.45) is 2.95. The molecule has 8 heteroatoms. The highest BCUT2D eigenvalue weighted by Crippen LogP contribution is 2.39. The summed E-state index contributed by atoms with van der Waals surface area (Å²) in [6, 6.07) is 13.1. The van der Waals surface area contributed by atoms with Crippen LogP contribution in [0.3, 0.4) is 0 Å². The van der Waals surface area contributed by atoms with Crippen LogP contribution < -0.4 is 29.4 Å². The Morgan fingerprint density at radius 1 is 0.714 bits per heavy atom. The molecule has 0 saturated heterocycles. The van der Waals surface area contributed by atoms with E-state index in [-0.39, 0.29) is 17.3 Å². The highest BCUT2D eigenvalue weighted by molar-refractivity contribution is 6.12. The normalized spacial score (nSPS) is 10.7. The van der Waals surface area contributed by atoms with Crippen molar-refractivity contribution in [2.75, 3.05) is 41.3 Å². The van der Waals surface area contributed by atoms with E-state index in [1.54, 1.807) is 54.6 Å². The summed E-state index contributed by atoms with van der Waals surface area (Å²) in [5, 5.41) is 0. The zero-order valence-corrected chi connectivity index (χ0v) is 20.2. The molecule has 0 aromatic heterocycles. The van der Waals surface area contributed by atoms with E-state index >= 15 is 0 Å². The van der Waals surface area contributed by atoms with Gasteiger partial charge in [0.25, 0.3) is 0 Å². The lowest BCUT2D eigenvalue weighted by molar-refractivity contribution is 0.103. The second-order valence-electron chi connectivity index (χ2n) is 7.32. The molecule has 0 bridgehead atoms. The van der Waals surface area contributed by atoms with Crippen LogP contribution >= 0.6 is 0 Å². The number of rotatable bonds is 10. The van der Waals surface area contributed by atoms with Gasteiger partial charge < -0.3 is 29.4 Å². The molecule has 0 atom stereocenters. The van der Waals surface area contributed by atoms with E-state index in [4.69, 9.17) is 29.4 Å². The third-order valence-corrected chi connectivity index (χ3v) is 5.38. The molecule has 0 spiro atoms. The van der Waals surface area contributed by atoms with Crippen molar-refractivity contribution in [2.24, 2.45) is 0 Å². The Labute approximate surface area is 203 Å². The van der Waals surface area contributed by atoms with Crippen molar-refractivity contribution in [3.8, 4) is 28.7 Å². The van der Waals surface area contributed by atoms with Gasteiger partial charge in [-0.2, -0.15) is 0 Å². The predicted molar refractivity (Wildman–Crippen MR) is 133 cm³/mol. The second-order valence-corrected chi connectivity index (χ2v) is 7.32. The molecule has 0 amide bonds. The van der Waals surface area contributed by atoms with Crippen molar-refractivity contribution in [2.45, 2.75) is 0 Å². The van der Waals surface area contributed by atoms with E-state index in [1.807, 2.05) is 0 Å². The van der Waals surface area contributed by atoms with Gasteiger partial charge in [0.1, 0.15) is 11.5 Å². The number of nitrogens with two attached hydrogens (primary N) is 1. The molecule has 182 valence electrons. The monoisotopic (exact) mass is 477 g/mol. The molecule has 0 aliphatic heterocycles. The molecule has 8 nitrogen and oxygen atoms in total. The van der Waals surface area contributed by atoms with Crippen LogP contribution in [-0.2, 0) is 0 Å². The largest absolute Gasteiger partial charge is 0.496 e. The van der Waals surface area contributed by atoms with Crippen LogP contribution in [-0.4, -0.2) is 47.1 Å². The zero-order chi connectivity index (χ0) is 25.5. The second kappa shape index (κ2) is 11.1. The van der Waals surface area contributed by atoms with Crippen molar-refractivity contribution >= 4 is 23.3 Å². The van der Waals surface area contributed by atoms with E-state index in [0.717, 1.165) is 0 Å². The minimum atomic E-state index is -0.315. The van der Waals surface area contributed by atoms with Gasteiger partial charge in [-0.15, -0.1) is 0 Å². The third-order valence-electron chi connectivity index (χ3n) is 5.38. The van der Waals surface area contributed by atoms with E-state index < -0.39 is 0 Å². The Balaban J connectivity index is 1.97. The average molecular weight is 478 g/mol. The zero-order valence-electron chi connectivity index (χ0n) is 20.2. The standard InChI is InChI=1S/C27H27NO7/c1-31-21-12-10-17(26(30)18-14-23(33-3)27(35-5)24(15-18)34-4)13-16(21)9-11-20(29)19-7-6-8-22(32-2)25(19)28/h6-15H,28H2,1-5H3/b11-9+. The van der Waals surface area contributed by atoms with Gasteiger partial charge in [-0.3, -0.25) is 9.59 Å². The van der Waals surface area contributed by atoms with Gasteiger partial charge in [0.05, 0.1) is 41.2 Å². The van der Waals surface area contributed by atoms with Crippen LogP contribution in [0.1, 0.15) is 31.8 Å². The lowest BCUT2D eigenvalue weighted by Gasteiger charge is -2.14. The Bertz CT molecular complexity index is 1260. The van der Waals surface area contributed by atoms with E-state index in [2.05, 4.69) is 0 Å². The summed E-state index contributed by atoms with van der Waals surface area (Å²) in [5.74, 6) is 1.44. The molecule has 0 aliphatic carbocycles. The Kier molecular flexibility index (Phi) is 7.99. The first kappa shape index (κ1) is 25.2. The Morgan fingerprint density at radius 3 is 1.91 bits per heavy atom. The number of carbonyl (C=O) groups excluding carboxylic acids is 2. The number of allylic oxidation sites excluding steroid dienone is 1. The van der Waals surface area contributed by atoms with Gasteiger partial charge in [-0.25, -0.2) is 0 Å². The fourth-order valence-corrected chi connectivity index (χ4v) is 3.58. The SMILES string of the molecule is COc1ccc(C(=O)c2cc(OC)c(OC)c(OC)c2)cc1/C=C/C(=O)c1cccc(OC)c1N. The van der Waals surface area contributed by atoms with Crippen molar-refractivity contribution in [1.29, 1.82) is 0 Å². The van der Waals surface area contributed by atoms with Crippen molar-refractivity contribution < 1.29 is 33.3 Å². The van der Waals surface area contributed by atoms with Gasteiger partial charge in [0.15, 0.2) is 23.1 Å². The molecule has 3 rings (SSSR count). The summed E-state index contributed by atoms with van der Waals surface area (Å²) >= 11 is 0. The number of nitrogen functional groups attached to an aromatic ring is 1. The molecule has 2 N–H and O–H groups in total. The number of para-hydroxylation sites is 1. The summed E-state index contributed by atoms with van der Waals surface area (Å²) in [4.78, 5) is 26.1. The minimum absolute atomic E-state index is 0.253. The molecule has 0 saturated carbocycles. The summed E-state index contributed by atoms with van der Waals surface area (Å²) in [6.45, 7) is 0. The topological polar surface area (TPSA) is 106 Å². The third kappa shape index (κ3) is 5.22. The lowest BCUT2D eigenvalue weighted by Crippen LogP contribution is -2.05. The van der Waals surface area contributed by atoms with Gasteiger partial charge in [0.2, 0.25) is 5.75 Å². The number of ketones is 2. The maximum atomic E-state index is 13.3. The molecule has 3 aromatic carbocycles. The molecule has 0 unspecified atom stereocenters. The van der Waals surface area contributed by atoms with Gasteiger partial charge in [-0.1, -0.05) is 6.07 Å². The first-order valence-electron chi connectivity index (χ1n) is 10.6. The molecule has 3 aromatic rings. The van der Waals surface area contributed by atoms with E-state index in [9.17, 15) is 9.59 Å². The number of hydrogen-bond acceptors (Lipinski definition) is 8. The maximum Gasteiger partial charge on any atom is 0.203 e. The minimum Gasteiger partial charge on any atom is -0.496 e. The molecular weight excluding hydrogens is 450 g/mol. The summed E-state index contributed by atoms with van der Waals surface area (Å²) in [5.41, 5.74) is 7.87. The average Bonchev–Trinajstić information content (AvgIpc) is 2.90. The first-order valence-corrected chi connectivity index (χ1v) is 10.6. The summed E-state index contributed by atoms with van der Waals surface area (Å²) < 4.78 is 26.6. The summed E-state index contributed by atoms with van der Waals surface area (Å²) in [7, 11) is 7.44. The van der Waals surface area contributed by atoms with Crippen molar-refractivity contribution in [1.82, 2.24) is 0 Å². The number of methoxy groups -OCH3 is 5. The van der Waals surface area contributed by atoms with Gasteiger partial charge in [-0.05, 0) is 54.6 Å². The smallest absolute Gasteiger partial charge is 0.203 e. The van der Waals surface area contributed by atoms with Gasteiger partial charge in [0, 0.05) is 22.3 Å². The van der Waals surface area contributed by atoms with Crippen LogP contribution in [0, 0.1) is 0 Å². The molecule has 0 fully saturated rings. The fraction of sp³-hybridized carbons (Fsp3) is 0.185. The number of hydrogen-bond donors (Lipinski definition) is 1. The number of ether oxygens (including phenoxy) is 5. The van der Waals surface area contributed by atoms with Crippen LogP contribution in [0.25, 0.3) is 6.08 Å². The Hall–Kier alpha value is -4.46. The van der Waals surface area contributed by atoms with E-state index in [1.165, 1.54) is 41.6 Å². The maximum absolute atomic E-state index is 13.3. The number of anilines is 1. The van der Waals surface area contributed by atoms with E-state index in [0.29, 0.717) is 51.0 Å². The van der Waals surface area contributed by atoms with Crippen molar-refractivity contribution in [3.63, 3.8) is 0 Å². The lowest BCUT2D eigenvalue weighted by atomic mass is 9.99. The molecule has 0 radical (unpaired) electrons. The van der Waals surface area contributed by atoms with Crippen LogP contribution in [0.15, 0.2) is 54.6 Å². The highest BCUT2D eigenvalue weighted by atomic mass is 16.5. The van der Waals surface area contributed by atoms with Crippen LogP contribution in [0.2, 0.25) is 0 Å². The molecule has 0 heterocycles. The van der Waals surface area contributed by atoms with Crippen molar-refractivity contribution in [3.05, 3.63) is 76.9 Å². The quantitative estimate of drug-likeness (QED) is 0.260. The highest BCUT2D eigenvalue weighted by Gasteiger charge is 2.19. The number of carbonyl (C=O) groups is 2. The Morgan fingerprint density at radius 2 is 1.34 bits per heavy atom. The predicted octanol–water partition coefficient (Wildman–Crippen LogP) is 4.44.